The van der Waals surface area contributed by atoms with Crippen LogP contribution < -0.4 is 5.73 Å². The highest BCUT2D eigenvalue weighted by Crippen LogP contribution is 2.28. The summed E-state index contributed by atoms with van der Waals surface area (Å²) < 4.78 is 0. The second kappa shape index (κ2) is 6.41. The van der Waals surface area contributed by atoms with Gasteiger partial charge in [-0.3, -0.25) is 0 Å². The fourth-order valence-electron chi connectivity index (χ4n) is 2.53. The van der Waals surface area contributed by atoms with Crippen molar-refractivity contribution in [2.24, 2.45) is 11.7 Å². The zero-order chi connectivity index (χ0) is 14.6. The minimum absolute atomic E-state index is 0.0113. The summed E-state index contributed by atoms with van der Waals surface area (Å²) in [5.41, 5.74) is 6.42. The Morgan fingerprint density at radius 1 is 1.35 bits per heavy atom. The maximum Gasteiger partial charge on any atom is 0.125 e. The normalized spacial score (nSPS) is 20.0. The molecule has 0 spiro atoms. The lowest BCUT2D eigenvalue weighted by atomic mass is 9.96. The molecule has 0 radical (unpaired) electrons. The van der Waals surface area contributed by atoms with Crippen molar-refractivity contribution in [3.63, 3.8) is 0 Å². The summed E-state index contributed by atoms with van der Waals surface area (Å²) in [6.45, 7) is 2.36. The molecule has 3 nitrogen and oxygen atoms in total. The Balaban J connectivity index is 2.16. The van der Waals surface area contributed by atoms with Crippen LogP contribution in [-0.2, 0) is 0 Å². The van der Waals surface area contributed by atoms with Crippen molar-refractivity contribution in [1.82, 2.24) is 0 Å². The molecule has 108 valence electrons. The molecule has 1 saturated carbocycles. The first-order valence-corrected chi connectivity index (χ1v) is 7.28. The van der Waals surface area contributed by atoms with Crippen molar-refractivity contribution in [3.8, 4) is 11.8 Å². The van der Waals surface area contributed by atoms with E-state index in [1.165, 1.54) is 0 Å². The van der Waals surface area contributed by atoms with E-state index in [1.807, 2.05) is 31.2 Å². The SMILES string of the molecule is C[C@H](CN)[C@@H](O)c1cccc(C#CC2(O)CCCC2)c1. The van der Waals surface area contributed by atoms with Crippen LogP contribution in [0.1, 0.15) is 49.8 Å². The van der Waals surface area contributed by atoms with Gasteiger partial charge in [0.05, 0.1) is 6.10 Å². The van der Waals surface area contributed by atoms with Gasteiger partial charge in [0.1, 0.15) is 5.60 Å². The highest BCUT2D eigenvalue weighted by Gasteiger charge is 2.28. The van der Waals surface area contributed by atoms with E-state index in [2.05, 4.69) is 11.8 Å². The molecule has 1 fully saturated rings. The zero-order valence-electron chi connectivity index (χ0n) is 12.0. The Bertz CT molecular complexity index is 509. The largest absolute Gasteiger partial charge is 0.388 e. The maximum atomic E-state index is 10.2. The first-order valence-electron chi connectivity index (χ1n) is 7.28. The average molecular weight is 273 g/mol. The van der Waals surface area contributed by atoms with Gasteiger partial charge >= 0.3 is 0 Å². The zero-order valence-corrected chi connectivity index (χ0v) is 12.0. The Kier molecular flexibility index (Phi) is 4.82. The monoisotopic (exact) mass is 273 g/mol. The van der Waals surface area contributed by atoms with Crippen molar-refractivity contribution in [1.29, 1.82) is 0 Å². The number of hydrogen-bond donors (Lipinski definition) is 3. The standard InChI is InChI=1S/C17H23NO2/c1-13(12-18)16(19)15-6-4-5-14(11-15)7-10-17(20)8-2-3-9-17/h4-6,11,13,16,19-20H,2-3,8-9,12,18H2,1H3/t13-,16-/m1/s1. The molecule has 1 aliphatic carbocycles. The van der Waals surface area contributed by atoms with Crippen molar-refractivity contribution in [3.05, 3.63) is 35.4 Å². The van der Waals surface area contributed by atoms with Gasteiger partial charge in [0.25, 0.3) is 0 Å². The van der Waals surface area contributed by atoms with Crippen LogP contribution >= 0.6 is 0 Å². The molecule has 1 aromatic rings. The molecule has 0 aliphatic heterocycles. The first kappa shape index (κ1) is 15.1. The highest BCUT2D eigenvalue weighted by molar-refractivity contribution is 5.39. The first-order chi connectivity index (χ1) is 9.54. The van der Waals surface area contributed by atoms with Gasteiger partial charge in [-0.25, -0.2) is 0 Å². The molecule has 0 aromatic heterocycles. The van der Waals surface area contributed by atoms with Gasteiger partial charge in [0, 0.05) is 5.56 Å². The molecule has 2 rings (SSSR count). The minimum Gasteiger partial charge on any atom is -0.388 e. The number of aliphatic hydroxyl groups is 2. The summed E-state index contributed by atoms with van der Waals surface area (Å²) in [5, 5.41) is 20.4. The molecule has 1 aliphatic rings. The Labute approximate surface area is 120 Å². The molecule has 0 saturated heterocycles. The highest BCUT2D eigenvalue weighted by atomic mass is 16.3. The minimum atomic E-state index is -0.820. The fraction of sp³-hybridized carbons (Fsp3) is 0.529. The van der Waals surface area contributed by atoms with Crippen LogP contribution in [0.5, 0.6) is 0 Å². The van der Waals surface area contributed by atoms with Crippen molar-refractivity contribution < 1.29 is 10.2 Å². The van der Waals surface area contributed by atoms with E-state index >= 15 is 0 Å². The Morgan fingerprint density at radius 3 is 2.70 bits per heavy atom. The maximum absolute atomic E-state index is 10.2. The van der Waals surface area contributed by atoms with Crippen LogP contribution in [0, 0.1) is 17.8 Å². The molecule has 3 heteroatoms. The van der Waals surface area contributed by atoms with E-state index in [0.29, 0.717) is 6.54 Å². The number of rotatable bonds is 3. The predicted octanol–water partition coefficient (Wildman–Crippen LogP) is 1.97. The second-order valence-corrected chi connectivity index (χ2v) is 5.77. The Morgan fingerprint density at radius 2 is 2.05 bits per heavy atom. The second-order valence-electron chi connectivity index (χ2n) is 5.77. The third kappa shape index (κ3) is 3.61. The number of benzene rings is 1. The summed E-state index contributed by atoms with van der Waals surface area (Å²) in [4.78, 5) is 0. The van der Waals surface area contributed by atoms with Crippen LogP contribution in [0.25, 0.3) is 0 Å². The van der Waals surface area contributed by atoms with Crippen LogP contribution in [0.15, 0.2) is 24.3 Å². The van der Waals surface area contributed by atoms with Crippen molar-refractivity contribution in [2.45, 2.75) is 44.3 Å². The van der Waals surface area contributed by atoms with Gasteiger partial charge in [0.15, 0.2) is 0 Å². The van der Waals surface area contributed by atoms with E-state index < -0.39 is 11.7 Å². The van der Waals surface area contributed by atoms with Gasteiger partial charge in [-0.1, -0.05) is 30.9 Å². The van der Waals surface area contributed by atoms with E-state index in [0.717, 1.165) is 36.8 Å². The number of aliphatic hydroxyl groups excluding tert-OH is 1. The summed E-state index contributed by atoms with van der Waals surface area (Å²) >= 11 is 0. The summed E-state index contributed by atoms with van der Waals surface area (Å²) in [7, 11) is 0. The third-order valence-electron chi connectivity index (χ3n) is 4.01. The molecule has 20 heavy (non-hydrogen) atoms. The molecule has 2 atom stereocenters. The van der Waals surface area contributed by atoms with Gasteiger partial charge in [-0.2, -0.15) is 0 Å². The van der Waals surface area contributed by atoms with E-state index in [4.69, 9.17) is 5.73 Å². The van der Waals surface area contributed by atoms with Gasteiger partial charge in [-0.05, 0) is 55.8 Å². The third-order valence-corrected chi connectivity index (χ3v) is 4.01. The summed E-state index contributed by atoms with van der Waals surface area (Å²) in [5.74, 6) is 6.03. The number of hydrogen-bond acceptors (Lipinski definition) is 3. The lowest BCUT2D eigenvalue weighted by Crippen LogP contribution is -2.20. The van der Waals surface area contributed by atoms with E-state index in [9.17, 15) is 10.2 Å². The average Bonchev–Trinajstić information content (AvgIpc) is 2.91. The fourth-order valence-corrected chi connectivity index (χ4v) is 2.53. The van der Waals surface area contributed by atoms with Crippen LogP contribution in [0.4, 0.5) is 0 Å². The van der Waals surface area contributed by atoms with Gasteiger partial charge < -0.3 is 15.9 Å². The molecule has 0 unspecified atom stereocenters. The smallest absolute Gasteiger partial charge is 0.125 e. The van der Waals surface area contributed by atoms with Crippen LogP contribution in [-0.4, -0.2) is 22.4 Å². The number of nitrogens with two attached hydrogens (primary N) is 1. The lowest BCUT2D eigenvalue weighted by molar-refractivity contribution is 0.110. The molecule has 0 bridgehead atoms. The molecule has 1 aromatic carbocycles. The van der Waals surface area contributed by atoms with E-state index in [1.54, 1.807) is 0 Å². The van der Waals surface area contributed by atoms with Crippen molar-refractivity contribution >= 4 is 0 Å². The molecular formula is C17H23NO2. The van der Waals surface area contributed by atoms with Gasteiger partial charge in [0.2, 0.25) is 0 Å². The molecule has 0 heterocycles. The van der Waals surface area contributed by atoms with Gasteiger partial charge in [-0.15, -0.1) is 0 Å². The summed E-state index contributed by atoms with van der Waals surface area (Å²) in [6.07, 6.45) is 3.02. The topological polar surface area (TPSA) is 66.5 Å². The molecule has 4 N–H and O–H groups in total. The molecular weight excluding hydrogens is 250 g/mol. The molecule has 0 amide bonds. The Hall–Kier alpha value is -1.34. The summed E-state index contributed by atoms with van der Waals surface area (Å²) in [6, 6.07) is 7.54. The lowest BCUT2D eigenvalue weighted by Gasteiger charge is -2.17. The van der Waals surface area contributed by atoms with Crippen molar-refractivity contribution in [2.75, 3.05) is 6.54 Å². The van der Waals surface area contributed by atoms with E-state index in [-0.39, 0.29) is 5.92 Å². The van der Waals surface area contributed by atoms with Crippen LogP contribution in [0.3, 0.4) is 0 Å². The van der Waals surface area contributed by atoms with Crippen LogP contribution in [0.2, 0.25) is 0 Å². The quantitative estimate of drug-likeness (QED) is 0.738. The predicted molar refractivity (Wildman–Crippen MR) is 79.9 cm³/mol.